The highest BCUT2D eigenvalue weighted by molar-refractivity contribution is 6.07. The lowest BCUT2D eigenvalue weighted by molar-refractivity contribution is 0.101. The van der Waals surface area contributed by atoms with Crippen molar-refractivity contribution in [1.29, 1.82) is 5.26 Å². The smallest absolute Gasteiger partial charge is 0.255 e. The van der Waals surface area contributed by atoms with Gasteiger partial charge < -0.3 is 20.1 Å². The maximum absolute atomic E-state index is 12.8. The molecule has 0 heterocycles. The molecule has 2 N–H and O–H groups in total. The molecule has 0 aliphatic carbocycles. The molecule has 0 spiro atoms. The van der Waals surface area contributed by atoms with E-state index in [0.717, 1.165) is 0 Å². The molecule has 7 heteroatoms. The van der Waals surface area contributed by atoms with E-state index in [0.29, 0.717) is 52.8 Å². The first-order valence-electron chi connectivity index (χ1n) is 10.2. The largest absolute Gasteiger partial charge is 0.492 e. The molecule has 0 bridgehead atoms. The average molecular weight is 429 g/mol. The molecule has 3 aromatic carbocycles. The van der Waals surface area contributed by atoms with Crippen molar-refractivity contribution in [2.75, 3.05) is 23.8 Å². The molecule has 3 aromatic rings. The lowest BCUT2D eigenvalue weighted by Gasteiger charge is -2.18. The quantitative estimate of drug-likeness (QED) is 0.533. The van der Waals surface area contributed by atoms with Gasteiger partial charge in [-0.15, -0.1) is 0 Å². The standard InChI is InChI=1S/C25H23N3O4/c1-3-31-22-15-21(28-25(30)19-12-8-9-17(13-19)16-26)23(32-4-2)14-20(22)27-24(29)18-10-6-5-7-11-18/h5-15H,3-4H2,1-2H3,(H,27,29)(H,28,30). The summed E-state index contributed by atoms with van der Waals surface area (Å²) in [6.45, 7) is 4.36. The Balaban J connectivity index is 1.93. The second-order valence-electron chi connectivity index (χ2n) is 6.68. The van der Waals surface area contributed by atoms with Crippen LogP contribution in [0.15, 0.2) is 66.7 Å². The van der Waals surface area contributed by atoms with Gasteiger partial charge in [-0.3, -0.25) is 9.59 Å². The van der Waals surface area contributed by atoms with Crippen LogP contribution in [-0.4, -0.2) is 25.0 Å². The number of carbonyl (C=O) groups is 2. The van der Waals surface area contributed by atoms with Gasteiger partial charge in [0.1, 0.15) is 11.5 Å². The van der Waals surface area contributed by atoms with E-state index in [1.54, 1.807) is 54.6 Å². The van der Waals surface area contributed by atoms with Crippen LogP contribution in [0.25, 0.3) is 0 Å². The zero-order chi connectivity index (χ0) is 22.9. The summed E-state index contributed by atoms with van der Waals surface area (Å²) in [6, 6.07) is 20.5. The van der Waals surface area contributed by atoms with Crippen molar-refractivity contribution >= 4 is 23.2 Å². The Kier molecular flexibility index (Phi) is 7.44. The number of rotatable bonds is 8. The minimum atomic E-state index is -0.397. The third kappa shape index (κ3) is 5.43. The van der Waals surface area contributed by atoms with Gasteiger partial charge in [0.25, 0.3) is 11.8 Å². The summed E-state index contributed by atoms with van der Waals surface area (Å²) in [5.74, 6) is 0.0797. The number of nitriles is 1. The molecule has 0 aliphatic heterocycles. The van der Waals surface area contributed by atoms with Crippen molar-refractivity contribution in [2.24, 2.45) is 0 Å². The lowest BCUT2D eigenvalue weighted by atomic mass is 10.1. The van der Waals surface area contributed by atoms with E-state index in [2.05, 4.69) is 10.6 Å². The minimum Gasteiger partial charge on any atom is -0.492 e. The normalized spacial score (nSPS) is 10.0. The topological polar surface area (TPSA) is 100 Å². The maximum Gasteiger partial charge on any atom is 0.255 e. The number of ether oxygens (including phenoxy) is 2. The molecule has 0 radical (unpaired) electrons. The molecule has 0 atom stereocenters. The van der Waals surface area contributed by atoms with Gasteiger partial charge >= 0.3 is 0 Å². The summed E-state index contributed by atoms with van der Waals surface area (Å²) in [7, 11) is 0. The van der Waals surface area contributed by atoms with Crippen LogP contribution < -0.4 is 20.1 Å². The van der Waals surface area contributed by atoms with Crippen LogP contribution in [0.3, 0.4) is 0 Å². The van der Waals surface area contributed by atoms with Gasteiger partial charge in [0.05, 0.1) is 36.2 Å². The second kappa shape index (κ2) is 10.6. The van der Waals surface area contributed by atoms with E-state index in [1.807, 2.05) is 26.0 Å². The SMILES string of the molecule is CCOc1cc(NC(=O)c2cccc(C#N)c2)c(OCC)cc1NC(=O)c1ccccc1. The van der Waals surface area contributed by atoms with Crippen molar-refractivity contribution in [1.82, 2.24) is 0 Å². The molecule has 3 rings (SSSR count). The predicted octanol–water partition coefficient (Wildman–Crippen LogP) is 4.86. The number of hydrogen-bond acceptors (Lipinski definition) is 5. The number of nitrogens with zero attached hydrogens (tertiary/aromatic N) is 1. The van der Waals surface area contributed by atoms with E-state index in [-0.39, 0.29) is 5.91 Å². The number of hydrogen-bond donors (Lipinski definition) is 2. The summed E-state index contributed by atoms with van der Waals surface area (Å²) in [6.07, 6.45) is 0. The Morgan fingerprint density at radius 3 is 1.84 bits per heavy atom. The summed E-state index contributed by atoms with van der Waals surface area (Å²) >= 11 is 0. The zero-order valence-electron chi connectivity index (χ0n) is 17.8. The third-order valence-corrected chi connectivity index (χ3v) is 4.47. The van der Waals surface area contributed by atoms with Crippen molar-refractivity contribution in [3.63, 3.8) is 0 Å². The minimum absolute atomic E-state index is 0.292. The number of benzene rings is 3. The Morgan fingerprint density at radius 1 is 0.781 bits per heavy atom. The molecule has 0 fully saturated rings. The molecule has 0 aromatic heterocycles. The van der Waals surface area contributed by atoms with Crippen LogP contribution in [0.5, 0.6) is 11.5 Å². The fourth-order valence-electron chi connectivity index (χ4n) is 3.01. The van der Waals surface area contributed by atoms with Crippen LogP contribution in [0, 0.1) is 11.3 Å². The van der Waals surface area contributed by atoms with Gasteiger partial charge in [0.15, 0.2) is 0 Å². The van der Waals surface area contributed by atoms with Gasteiger partial charge in [-0.05, 0) is 44.2 Å². The van der Waals surface area contributed by atoms with Crippen LogP contribution >= 0.6 is 0 Å². The first-order valence-corrected chi connectivity index (χ1v) is 10.2. The highest BCUT2D eigenvalue weighted by Gasteiger charge is 2.17. The Labute approximate surface area is 186 Å². The lowest BCUT2D eigenvalue weighted by Crippen LogP contribution is -2.15. The van der Waals surface area contributed by atoms with Gasteiger partial charge in [-0.2, -0.15) is 5.26 Å². The number of anilines is 2. The first-order chi connectivity index (χ1) is 15.5. The molecule has 0 unspecified atom stereocenters. The molecule has 0 saturated carbocycles. The van der Waals surface area contributed by atoms with Gasteiger partial charge in [0, 0.05) is 23.3 Å². The Hall–Kier alpha value is -4.31. The van der Waals surface area contributed by atoms with Crippen LogP contribution in [0.2, 0.25) is 0 Å². The average Bonchev–Trinajstić information content (AvgIpc) is 2.82. The van der Waals surface area contributed by atoms with E-state index >= 15 is 0 Å². The van der Waals surface area contributed by atoms with E-state index < -0.39 is 5.91 Å². The van der Waals surface area contributed by atoms with E-state index in [9.17, 15) is 9.59 Å². The molecule has 162 valence electrons. The summed E-state index contributed by atoms with van der Waals surface area (Å²) in [5.41, 5.74) is 2.04. The number of amides is 2. The summed E-state index contributed by atoms with van der Waals surface area (Å²) in [5, 5.41) is 14.7. The van der Waals surface area contributed by atoms with Crippen molar-refractivity contribution in [2.45, 2.75) is 13.8 Å². The fraction of sp³-hybridized carbons (Fsp3) is 0.160. The third-order valence-electron chi connectivity index (χ3n) is 4.47. The van der Waals surface area contributed by atoms with E-state index in [4.69, 9.17) is 14.7 Å². The molecule has 0 aliphatic rings. The van der Waals surface area contributed by atoms with Crippen LogP contribution in [0.1, 0.15) is 40.1 Å². The number of nitrogens with one attached hydrogen (secondary N) is 2. The van der Waals surface area contributed by atoms with Crippen LogP contribution in [0.4, 0.5) is 11.4 Å². The highest BCUT2D eigenvalue weighted by atomic mass is 16.5. The van der Waals surface area contributed by atoms with Gasteiger partial charge in [0.2, 0.25) is 0 Å². The molecule has 32 heavy (non-hydrogen) atoms. The van der Waals surface area contributed by atoms with Crippen molar-refractivity contribution < 1.29 is 19.1 Å². The molecular formula is C25H23N3O4. The highest BCUT2D eigenvalue weighted by Crippen LogP contribution is 2.37. The monoisotopic (exact) mass is 429 g/mol. The number of carbonyl (C=O) groups excluding carboxylic acids is 2. The Morgan fingerprint density at radius 2 is 1.31 bits per heavy atom. The van der Waals surface area contributed by atoms with Crippen LogP contribution in [-0.2, 0) is 0 Å². The summed E-state index contributed by atoms with van der Waals surface area (Å²) < 4.78 is 11.4. The fourth-order valence-corrected chi connectivity index (χ4v) is 3.01. The molecule has 2 amide bonds. The second-order valence-corrected chi connectivity index (χ2v) is 6.68. The molecule has 0 saturated heterocycles. The first kappa shape index (κ1) is 22.4. The van der Waals surface area contributed by atoms with Gasteiger partial charge in [-0.25, -0.2) is 0 Å². The maximum atomic E-state index is 12.8. The molecular weight excluding hydrogens is 406 g/mol. The predicted molar refractivity (Wildman–Crippen MR) is 122 cm³/mol. The zero-order valence-corrected chi connectivity index (χ0v) is 17.8. The van der Waals surface area contributed by atoms with Crippen molar-refractivity contribution in [3.05, 3.63) is 83.4 Å². The summed E-state index contributed by atoms with van der Waals surface area (Å²) in [4.78, 5) is 25.4. The molecule has 7 nitrogen and oxygen atoms in total. The van der Waals surface area contributed by atoms with Gasteiger partial charge in [-0.1, -0.05) is 24.3 Å². The Bertz CT molecular complexity index is 1150. The van der Waals surface area contributed by atoms with Crippen molar-refractivity contribution in [3.8, 4) is 17.6 Å². The van der Waals surface area contributed by atoms with E-state index in [1.165, 1.54) is 6.07 Å².